The molecule has 0 spiro atoms. The highest BCUT2D eigenvalue weighted by molar-refractivity contribution is 6.46. The molecule has 7 nitrogen and oxygen atoms in total. The number of amides is 1. The lowest BCUT2D eigenvalue weighted by molar-refractivity contribution is -0.140. The van der Waals surface area contributed by atoms with Crippen molar-refractivity contribution < 1.29 is 24.2 Å². The van der Waals surface area contributed by atoms with Crippen molar-refractivity contribution in [2.45, 2.75) is 40.2 Å². The Kier molecular flexibility index (Phi) is 8.93. The van der Waals surface area contributed by atoms with Gasteiger partial charge in [0.25, 0.3) is 11.7 Å². The van der Waals surface area contributed by atoms with E-state index in [1.807, 2.05) is 26.0 Å². The number of likely N-dealkylation sites (N-methyl/N-ethyl adjacent to an activating group) is 1. The molecule has 1 aliphatic rings. The number of rotatable bonds is 11. The topological polar surface area (TPSA) is 79.3 Å². The van der Waals surface area contributed by atoms with Gasteiger partial charge in [0, 0.05) is 18.7 Å². The monoisotopic (exact) mass is 480 g/mol. The van der Waals surface area contributed by atoms with E-state index in [0.29, 0.717) is 31.0 Å². The summed E-state index contributed by atoms with van der Waals surface area (Å²) in [5, 5.41) is 11.3. The Morgan fingerprint density at radius 3 is 2.31 bits per heavy atom. The van der Waals surface area contributed by atoms with Crippen molar-refractivity contribution in [2.75, 3.05) is 39.9 Å². The molecule has 0 aromatic heterocycles. The van der Waals surface area contributed by atoms with Gasteiger partial charge < -0.3 is 24.4 Å². The molecule has 0 saturated carbocycles. The minimum absolute atomic E-state index is 0.0985. The maximum absolute atomic E-state index is 13.2. The van der Waals surface area contributed by atoms with E-state index >= 15 is 0 Å². The normalized spacial score (nSPS) is 17.3. The Hall–Kier alpha value is -3.32. The Labute approximate surface area is 207 Å². The molecule has 0 unspecified atom stereocenters. The fraction of sp³-hybridized carbons (Fsp3) is 0.429. The largest absolute Gasteiger partial charge is 0.507 e. The molecule has 3 rings (SSSR count). The second-order valence-electron chi connectivity index (χ2n) is 8.62. The Morgan fingerprint density at radius 1 is 1.06 bits per heavy atom. The van der Waals surface area contributed by atoms with Gasteiger partial charge >= 0.3 is 0 Å². The van der Waals surface area contributed by atoms with Crippen LogP contribution in [0.1, 0.15) is 49.9 Å². The molecular formula is C28H36N2O5. The summed E-state index contributed by atoms with van der Waals surface area (Å²) >= 11 is 0. The third kappa shape index (κ3) is 5.68. The van der Waals surface area contributed by atoms with Gasteiger partial charge in [0.15, 0.2) is 0 Å². The van der Waals surface area contributed by atoms with E-state index in [2.05, 4.69) is 18.7 Å². The predicted molar refractivity (Wildman–Crippen MR) is 137 cm³/mol. The minimum atomic E-state index is -0.687. The van der Waals surface area contributed by atoms with Crippen LogP contribution in [0.2, 0.25) is 0 Å². The molecule has 35 heavy (non-hydrogen) atoms. The second-order valence-corrected chi connectivity index (χ2v) is 8.62. The Morgan fingerprint density at radius 2 is 1.74 bits per heavy atom. The van der Waals surface area contributed by atoms with Gasteiger partial charge in [-0.25, -0.2) is 0 Å². The number of ether oxygens (including phenoxy) is 2. The van der Waals surface area contributed by atoms with E-state index in [4.69, 9.17) is 9.47 Å². The van der Waals surface area contributed by atoms with Crippen LogP contribution in [0.5, 0.6) is 11.5 Å². The molecule has 1 atom stereocenters. The minimum Gasteiger partial charge on any atom is -0.507 e. The molecule has 0 bridgehead atoms. The summed E-state index contributed by atoms with van der Waals surface area (Å²) in [7, 11) is 1.58. The van der Waals surface area contributed by atoms with Gasteiger partial charge in [-0.1, -0.05) is 32.9 Å². The molecular weight excluding hydrogens is 444 g/mol. The van der Waals surface area contributed by atoms with Crippen molar-refractivity contribution in [3.63, 3.8) is 0 Å². The highest BCUT2D eigenvalue weighted by Gasteiger charge is 2.46. The van der Waals surface area contributed by atoms with Crippen LogP contribution in [0.25, 0.3) is 5.76 Å². The number of methoxy groups -OCH3 is 1. The lowest BCUT2D eigenvalue weighted by Gasteiger charge is -2.28. The van der Waals surface area contributed by atoms with Crippen LogP contribution in [-0.4, -0.2) is 66.5 Å². The van der Waals surface area contributed by atoms with E-state index in [1.165, 1.54) is 0 Å². The first kappa shape index (κ1) is 26.3. The molecule has 1 saturated heterocycles. The first-order valence-corrected chi connectivity index (χ1v) is 12.2. The summed E-state index contributed by atoms with van der Waals surface area (Å²) < 4.78 is 11.0. The highest BCUT2D eigenvalue weighted by Crippen LogP contribution is 2.40. The number of benzene rings is 2. The van der Waals surface area contributed by atoms with Gasteiger partial charge in [-0.3, -0.25) is 9.59 Å². The van der Waals surface area contributed by atoms with Crippen molar-refractivity contribution in [1.29, 1.82) is 0 Å². The SMILES string of the molecule is CCCOc1ccc(C(O)=C2C(=O)C(=O)N(CCN(CC)CC)[C@@H]2c2ccc(OC)cc2)cc1C. The zero-order chi connectivity index (χ0) is 25.5. The quantitative estimate of drug-likeness (QED) is 0.289. The van der Waals surface area contributed by atoms with Crippen LogP contribution in [-0.2, 0) is 9.59 Å². The van der Waals surface area contributed by atoms with Gasteiger partial charge in [-0.05, 0) is 67.9 Å². The third-order valence-electron chi connectivity index (χ3n) is 6.43. The molecule has 2 aromatic rings. The predicted octanol–water partition coefficient (Wildman–Crippen LogP) is 4.56. The Bertz CT molecular complexity index is 1070. The van der Waals surface area contributed by atoms with Crippen molar-refractivity contribution in [2.24, 2.45) is 0 Å². The molecule has 7 heteroatoms. The van der Waals surface area contributed by atoms with E-state index in [9.17, 15) is 14.7 Å². The number of aliphatic hydroxyl groups is 1. The standard InChI is InChI=1S/C28H36N2O5/c1-6-17-35-23-14-11-21(18-19(23)4)26(31)24-25(20-9-12-22(34-5)13-10-20)30(28(33)27(24)32)16-15-29(7-2)8-3/h9-14,18,25,31H,6-8,15-17H2,1-5H3/t25-/m1/s1. The number of Topliss-reactive ketones (excluding diaryl/α,β-unsaturated/α-hetero) is 1. The van der Waals surface area contributed by atoms with E-state index in [-0.39, 0.29) is 11.3 Å². The summed E-state index contributed by atoms with van der Waals surface area (Å²) in [5.41, 5.74) is 2.16. The number of hydrogen-bond acceptors (Lipinski definition) is 6. The van der Waals surface area contributed by atoms with Crippen LogP contribution in [0, 0.1) is 6.92 Å². The number of hydrogen-bond donors (Lipinski definition) is 1. The number of aliphatic hydroxyl groups excluding tert-OH is 1. The summed E-state index contributed by atoms with van der Waals surface area (Å²) in [5.74, 6) is -0.0486. The third-order valence-corrected chi connectivity index (χ3v) is 6.43. The van der Waals surface area contributed by atoms with Crippen molar-refractivity contribution >= 4 is 17.4 Å². The van der Waals surface area contributed by atoms with Gasteiger partial charge in [-0.15, -0.1) is 0 Å². The number of nitrogens with zero attached hydrogens (tertiary/aromatic N) is 2. The highest BCUT2D eigenvalue weighted by atomic mass is 16.5. The molecule has 0 aliphatic carbocycles. The summed E-state index contributed by atoms with van der Waals surface area (Å²) in [6.45, 7) is 11.4. The molecule has 1 aliphatic heterocycles. The average molecular weight is 481 g/mol. The van der Waals surface area contributed by atoms with Crippen LogP contribution >= 0.6 is 0 Å². The van der Waals surface area contributed by atoms with Crippen molar-refractivity contribution in [3.05, 3.63) is 64.7 Å². The number of likely N-dealkylation sites (tertiary alicyclic amines) is 1. The number of carbonyl (C=O) groups excluding carboxylic acids is 2. The number of aryl methyl sites for hydroxylation is 1. The number of carbonyl (C=O) groups is 2. The lowest BCUT2D eigenvalue weighted by atomic mass is 9.94. The molecule has 1 amide bonds. The maximum atomic E-state index is 13.2. The zero-order valence-corrected chi connectivity index (χ0v) is 21.3. The van der Waals surface area contributed by atoms with Gasteiger partial charge in [0.1, 0.15) is 17.3 Å². The summed E-state index contributed by atoms with van der Waals surface area (Å²) in [6.07, 6.45) is 0.889. The second kappa shape index (κ2) is 11.9. The smallest absolute Gasteiger partial charge is 0.295 e. The van der Waals surface area contributed by atoms with Crippen LogP contribution < -0.4 is 9.47 Å². The van der Waals surface area contributed by atoms with Crippen LogP contribution in [0.3, 0.4) is 0 Å². The van der Waals surface area contributed by atoms with E-state index < -0.39 is 17.7 Å². The van der Waals surface area contributed by atoms with E-state index in [1.54, 1.807) is 42.3 Å². The van der Waals surface area contributed by atoms with Gasteiger partial charge in [0.2, 0.25) is 0 Å². The van der Waals surface area contributed by atoms with Gasteiger partial charge in [-0.2, -0.15) is 0 Å². The van der Waals surface area contributed by atoms with Crippen LogP contribution in [0.4, 0.5) is 0 Å². The molecule has 188 valence electrons. The molecule has 1 heterocycles. The summed E-state index contributed by atoms with van der Waals surface area (Å²) in [6, 6.07) is 11.9. The molecule has 0 radical (unpaired) electrons. The fourth-order valence-electron chi connectivity index (χ4n) is 4.36. The molecule has 1 fully saturated rings. The van der Waals surface area contributed by atoms with E-state index in [0.717, 1.165) is 36.4 Å². The molecule has 1 N–H and O–H groups in total. The molecule has 2 aromatic carbocycles. The maximum Gasteiger partial charge on any atom is 0.295 e. The van der Waals surface area contributed by atoms with Gasteiger partial charge in [0.05, 0.1) is 25.3 Å². The van der Waals surface area contributed by atoms with Crippen molar-refractivity contribution in [3.8, 4) is 11.5 Å². The first-order valence-electron chi connectivity index (χ1n) is 12.2. The number of ketones is 1. The van der Waals surface area contributed by atoms with Crippen molar-refractivity contribution in [1.82, 2.24) is 9.80 Å². The van der Waals surface area contributed by atoms with Crippen LogP contribution in [0.15, 0.2) is 48.0 Å². The zero-order valence-electron chi connectivity index (χ0n) is 21.3. The average Bonchev–Trinajstić information content (AvgIpc) is 3.13. The first-order chi connectivity index (χ1) is 16.9. The Balaban J connectivity index is 2.07. The summed E-state index contributed by atoms with van der Waals surface area (Å²) in [4.78, 5) is 30.2. The fourth-order valence-corrected chi connectivity index (χ4v) is 4.36. The lowest BCUT2D eigenvalue weighted by Crippen LogP contribution is -2.38.